The Labute approximate surface area is 210 Å². The Balaban J connectivity index is 0.00000392. The predicted octanol–water partition coefficient (Wildman–Crippen LogP) is -7.71. The molecule has 1 unspecified atom stereocenters. The molecule has 29 heavy (non-hydrogen) atoms. The largest absolute Gasteiger partial charge is 1.00 e. The van der Waals surface area contributed by atoms with Gasteiger partial charge < -0.3 is 10.1 Å². The third-order valence-electron chi connectivity index (χ3n) is 3.68. The van der Waals surface area contributed by atoms with Crippen molar-refractivity contribution in [3.05, 3.63) is 35.9 Å². The normalized spacial score (nSPS) is 19.7. The van der Waals surface area contributed by atoms with Crippen LogP contribution in [0.25, 0.3) is 0 Å². The zero-order valence-electron chi connectivity index (χ0n) is 15.5. The number of amides is 2. The fourth-order valence-electron chi connectivity index (χ4n) is 2.53. The molecule has 1 aliphatic rings. The first kappa shape index (κ1) is 28.5. The van der Waals surface area contributed by atoms with Crippen LogP contribution >= 0.6 is 0 Å². The fraction of sp³-hybridized carbons (Fsp3) is 0.308. The van der Waals surface area contributed by atoms with Crippen LogP contribution in [0.5, 0.6) is 0 Å². The molecular weight excluding hydrogens is 454 g/mol. The van der Waals surface area contributed by atoms with E-state index in [2.05, 4.69) is 4.74 Å². The van der Waals surface area contributed by atoms with Gasteiger partial charge in [0.15, 0.2) is 11.3 Å². The minimum absolute atomic E-state index is 0. The van der Waals surface area contributed by atoms with Crippen LogP contribution in [-0.4, -0.2) is 67.2 Å². The Morgan fingerprint density at radius 2 is 1.62 bits per heavy atom. The van der Waals surface area contributed by atoms with E-state index in [1.807, 2.05) is 5.32 Å². The van der Waals surface area contributed by atoms with Gasteiger partial charge in [-0.2, -0.15) is 21.1 Å². The summed E-state index contributed by atoms with van der Waals surface area (Å²) < 4.78 is 68.1. The maximum atomic E-state index is 12.4. The molecule has 1 aliphatic heterocycles. The third-order valence-corrected chi connectivity index (χ3v) is 5.67. The van der Waals surface area contributed by atoms with E-state index in [0.717, 1.165) is 7.11 Å². The van der Waals surface area contributed by atoms with Gasteiger partial charge in [0.1, 0.15) is 6.04 Å². The number of benzene rings is 1. The molecule has 1 aromatic carbocycles. The van der Waals surface area contributed by atoms with Crippen molar-refractivity contribution in [3.63, 3.8) is 0 Å². The van der Waals surface area contributed by atoms with Crippen LogP contribution in [0.2, 0.25) is 0 Å². The van der Waals surface area contributed by atoms with Crippen LogP contribution < -0.4 is 64.4 Å². The number of hydrogen-bond donors (Lipinski definition) is 3. The average molecular weight is 468 g/mol. The van der Waals surface area contributed by atoms with Gasteiger partial charge in [0.05, 0.1) is 7.11 Å². The summed E-state index contributed by atoms with van der Waals surface area (Å²) in [6.45, 7) is 0. The summed E-state index contributed by atoms with van der Waals surface area (Å²) in [6, 6.07) is 3.01. The first-order chi connectivity index (χ1) is 12.4. The van der Waals surface area contributed by atoms with Gasteiger partial charge in [-0.15, -0.1) is 0 Å². The summed E-state index contributed by atoms with van der Waals surface area (Å²) >= 11 is 0. The molecule has 16 heteroatoms. The molecular formula is C13H14N2Na2O10S2+2. The molecule has 12 nitrogen and oxygen atoms in total. The Kier molecular flexibility index (Phi) is 10.5. The van der Waals surface area contributed by atoms with Gasteiger partial charge in [0.2, 0.25) is 5.91 Å². The second-order valence-electron chi connectivity index (χ2n) is 5.37. The molecule has 1 heterocycles. The van der Waals surface area contributed by atoms with Crippen molar-refractivity contribution in [1.29, 1.82) is 0 Å². The Morgan fingerprint density at radius 1 is 1.10 bits per heavy atom. The summed E-state index contributed by atoms with van der Waals surface area (Å²) in [6.07, 6.45) is 0. The van der Waals surface area contributed by atoms with E-state index in [9.17, 15) is 35.8 Å². The van der Waals surface area contributed by atoms with Gasteiger partial charge in [-0.05, 0) is 5.56 Å². The molecule has 1 saturated heterocycles. The third kappa shape index (κ3) is 6.22. The standard InChI is InChI=1S/C13H14N2O10S2.2Na/c1-25-13(18)9-8(12(17)15(9)27(22,23)24)14-11(16)10(26(19,20)21)7-5-3-2-4-6-7;;/h2-6,8-10H,1H3,(H,14,16)(H,19,20,21)(H,22,23,24);;/q;2*+1/t8-,9-,10?;;/m1../s1. The summed E-state index contributed by atoms with van der Waals surface area (Å²) in [5.74, 6) is -4.05. The van der Waals surface area contributed by atoms with Crippen molar-refractivity contribution in [2.45, 2.75) is 17.3 Å². The van der Waals surface area contributed by atoms with Crippen LogP contribution in [-0.2, 0) is 39.5 Å². The van der Waals surface area contributed by atoms with Crippen LogP contribution in [0.1, 0.15) is 10.8 Å². The monoisotopic (exact) mass is 468 g/mol. The Morgan fingerprint density at radius 3 is 2.03 bits per heavy atom. The van der Waals surface area contributed by atoms with E-state index in [4.69, 9.17) is 4.55 Å². The summed E-state index contributed by atoms with van der Waals surface area (Å²) in [4.78, 5) is 36.0. The summed E-state index contributed by atoms with van der Waals surface area (Å²) in [7, 11) is -9.22. The molecule has 0 aliphatic carbocycles. The molecule has 1 aromatic rings. The van der Waals surface area contributed by atoms with Gasteiger partial charge >= 0.3 is 75.4 Å². The molecule has 0 bridgehead atoms. The maximum absolute atomic E-state index is 12.4. The molecule has 0 saturated carbocycles. The zero-order valence-corrected chi connectivity index (χ0v) is 21.2. The van der Waals surface area contributed by atoms with Crippen molar-refractivity contribution in [2.24, 2.45) is 0 Å². The number of nitrogens with zero attached hydrogens (tertiary/aromatic N) is 1. The quantitative estimate of drug-likeness (QED) is 0.157. The number of ether oxygens (including phenoxy) is 1. The molecule has 1 fully saturated rings. The molecule has 3 atom stereocenters. The molecule has 0 spiro atoms. The van der Waals surface area contributed by atoms with Gasteiger partial charge in [-0.3, -0.25) is 18.7 Å². The van der Waals surface area contributed by atoms with Crippen LogP contribution in [0, 0.1) is 0 Å². The predicted molar refractivity (Wildman–Crippen MR) is 86.9 cm³/mol. The number of esters is 1. The van der Waals surface area contributed by atoms with E-state index < -0.39 is 55.5 Å². The minimum Gasteiger partial charge on any atom is -0.467 e. The number of rotatable bonds is 6. The molecule has 2 amide bonds. The van der Waals surface area contributed by atoms with Crippen molar-refractivity contribution < 1.29 is 104 Å². The van der Waals surface area contributed by atoms with E-state index in [1.54, 1.807) is 0 Å². The van der Waals surface area contributed by atoms with Crippen LogP contribution in [0.3, 0.4) is 0 Å². The van der Waals surface area contributed by atoms with E-state index in [1.165, 1.54) is 30.3 Å². The number of carbonyl (C=O) groups is 3. The number of nitrogens with one attached hydrogen (secondary N) is 1. The second-order valence-corrected chi connectivity index (χ2v) is 8.16. The van der Waals surface area contributed by atoms with Gasteiger partial charge in [-0.1, -0.05) is 30.3 Å². The SMILES string of the molecule is COC(=O)[C@H]1[C@@H](NC(=O)C(c2ccccc2)S(=O)(=O)O)C(=O)N1S(=O)(=O)O.[Na+].[Na+]. The maximum Gasteiger partial charge on any atom is 1.00 e. The van der Waals surface area contributed by atoms with Crippen molar-refractivity contribution >= 4 is 38.2 Å². The van der Waals surface area contributed by atoms with Crippen molar-refractivity contribution in [1.82, 2.24) is 9.62 Å². The minimum atomic E-state index is -5.13. The molecule has 148 valence electrons. The number of carbonyl (C=O) groups excluding carboxylic acids is 3. The first-order valence-corrected chi connectivity index (χ1v) is 9.99. The fourth-order valence-corrected chi connectivity index (χ4v) is 4.20. The van der Waals surface area contributed by atoms with Gasteiger partial charge in [0, 0.05) is 0 Å². The van der Waals surface area contributed by atoms with Crippen molar-refractivity contribution in [3.8, 4) is 0 Å². The van der Waals surface area contributed by atoms with Crippen molar-refractivity contribution in [2.75, 3.05) is 7.11 Å². The summed E-state index contributed by atoms with van der Waals surface area (Å²) in [5.41, 5.74) is -0.134. The Bertz CT molecular complexity index is 984. The number of β-lactam (4-membered cyclic amide) rings is 1. The molecule has 0 radical (unpaired) electrons. The second kappa shape index (κ2) is 10.7. The first-order valence-electron chi connectivity index (χ1n) is 7.09. The summed E-state index contributed by atoms with van der Waals surface area (Å²) in [5, 5.41) is -0.242. The average Bonchev–Trinajstić information content (AvgIpc) is 2.55. The number of hydrogen-bond acceptors (Lipinski definition) is 8. The van der Waals surface area contributed by atoms with Crippen LogP contribution in [0.4, 0.5) is 0 Å². The molecule has 3 N–H and O–H groups in total. The van der Waals surface area contributed by atoms with E-state index >= 15 is 0 Å². The molecule has 0 aromatic heterocycles. The van der Waals surface area contributed by atoms with E-state index in [0.29, 0.717) is 0 Å². The number of methoxy groups -OCH3 is 1. The van der Waals surface area contributed by atoms with Crippen LogP contribution in [0.15, 0.2) is 30.3 Å². The van der Waals surface area contributed by atoms with Gasteiger partial charge in [0.25, 0.3) is 16.0 Å². The smallest absolute Gasteiger partial charge is 0.467 e. The Hall–Kier alpha value is -0.550. The topological polar surface area (TPSA) is 184 Å². The van der Waals surface area contributed by atoms with E-state index in [-0.39, 0.29) is 69.0 Å². The molecule has 2 rings (SSSR count). The van der Waals surface area contributed by atoms with Gasteiger partial charge in [-0.25, -0.2) is 4.79 Å². The zero-order chi connectivity index (χ0) is 20.6.